The number of rotatable bonds is 6. The molecular formula is C11H21N3. The van der Waals surface area contributed by atoms with Crippen LogP contribution in [0, 0.1) is 0 Å². The first-order valence-corrected chi connectivity index (χ1v) is 5.47. The molecule has 1 aromatic heterocycles. The Bertz CT molecular complexity index is 255. The summed E-state index contributed by atoms with van der Waals surface area (Å²) in [7, 11) is 2.03. The first kappa shape index (κ1) is 11.2. The quantitative estimate of drug-likeness (QED) is 0.753. The molecule has 14 heavy (non-hydrogen) atoms. The monoisotopic (exact) mass is 195 g/mol. The molecule has 1 rings (SSSR count). The summed E-state index contributed by atoms with van der Waals surface area (Å²) in [6.07, 6.45) is 7.51. The van der Waals surface area contributed by atoms with E-state index >= 15 is 0 Å². The van der Waals surface area contributed by atoms with Crippen molar-refractivity contribution in [3.05, 3.63) is 18.2 Å². The topological polar surface area (TPSA) is 29.9 Å². The molecule has 80 valence electrons. The normalized spacial score (nSPS) is 13.1. The summed E-state index contributed by atoms with van der Waals surface area (Å²) in [5.74, 6) is 1.11. The first-order valence-electron chi connectivity index (χ1n) is 5.47. The molecule has 0 spiro atoms. The summed E-state index contributed by atoms with van der Waals surface area (Å²) in [5, 5.41) is 3.53. The van der Waals surface area contributed by atoms with Gasteiger partial charge in [-0.2, -0.15) is 0 Å². The predicted molar refractivity (Wildman–Crippen MR) is 59.0 cm³/mol. The SMILES string of the molecule is CCCC(CC)NCc1nccn1C. The molecule has 1 N–H and O–H groups in total. The lowest BCUT2D eigenvalue weighted by molar-refractivity contribution is 0.452. The van der Waals surface area contributed by atoms with Crippen molar-refractivity contribution >= 4 is 0 Å². The van der Waals surface area contributed by atoms with Gasteiger partial charge >= 0.3 is 0 Å². The summed E-state index contributed by atoms with van der Waals surface area (Å²) >= 11 is 0. The van der Waals surface area contributed by atoms with E-state index in [4.69, 9.17) is 0 Å². The Morgan fingerprint density at radius 1 is 1.50 bits per heavy atom. The summed E-state index contributed by atoms with van der Waals surface area (Å²) in [6, 6.07) is 0.636. The molecular weight excluding hydrogens is 174 g/mol. The summed E-state index contributed by atoms with van der Waals surface area (Å²) < 4.78 is 2.06. The number of imidazole rings is 1. The van der Waals surface area contributed by atoms with Crippen LogP contribution < -0.4 is 5.32 Å². The van der Waals surface area contributed by atoms with Crippen LogP contribution in [0.25, 0.3) is 0 Å². The second-order valence-corrected chi connectivity index (χ2v) is 3.73. The van der Waals surface area contributed by atoms with Gasteiger partial charge in [-0.05, 0) is 12.8 Å². The van der Waals surface area contributed by atoms with E-state index in [0.29, 0.717) is 6.04 Å². The molecule has 0 aromatic carbocycles. The van der Waals surface area contributed by atoms with Crippen LogP contribution >= 0.6 is 0 Å². The molecule has 0 radical (unpaired) electrons. The predicted octanol–water partition coefficient (Wildman–Crippen LogP) is 2.09. The second-order valence-electron chi connectivity index (χ2n) is 3.73. The summed E-state index contributed by atoms with van der Waals surface area (Å²) in [4.78, 5) is 4.28. The van der Waals surface area contributed by atoms with Crippen molar-refractivity contribution in [3.8, 4) is 0 Å². The minimum Gasteiger partial charge on any atom is -0.337 e. The van der Waals surface area contributed by atoms with Gasteiger partial charge < -0.3 is 9.88 Å². The van der Waals surface area contributed by atoms with Gasteiger partial charge in [-0.1, -0.05) is 20.3 Å². The summed E-state index contributed by atoms with van der Waals surface area (Å²) in [5.41, 5.74) is 0. The van der Waals surface area contributed by atoms with Crippen molar-refractivity contribution in [2.24, 2.45) is 7.05 Å². The van der Waals surface area contributed by atoms with E-state index in [1.807, 2.05) is 19.4 Å². The zero-order valence-electron chi connectivity index (χ0n) is 9.45. The number of aromatic nitrogens is 2. The Labute approximate surface area is 86.5 Å². The van der Waals surface area contributed by atoms with Gasteiger partial charge in [0.15, 0.2) is 0 Å². The van der Waals surface area contributed by atoms with Crippen LogP contribution in [0.15, 0.2) is 12.4 Å². The fourth-order valence-corrected chi connectivity index (χ4v) is 1.60. The first-order chi connectivity index (χ1) is 6.77. The minimum atomic E-state index is 0.636. The maximum absolute atomic E-state index is 4.28. The fourth-order valence-electron chi connectivity index (χ4n) is 1.60. The Kier molecular flexibility index (Phi) is 4.66. The zero-order valence-corrected chi connectivity index (χ0v) is 9.45. The van der Waals surface area contributed by atoms with Crippen molar-refractivity contribution in [2.45, 2.75) is 45.7 Å². The zero-order chi connectivity index (χ0) is 10.4. The van der Waals surface area contributed by atoms with Gasteiger partial charge in [-0.3, -0.25) is 0 Å². The smallest absolute Gasteiger partial charge is 0.122 e. The number of aryl methyl sites for hydroxylation is 1. The number of nitrogens with one attached hydrogen (secondary N) is 1. The molecule has 0 amide bonds. The molecule has 1 unspecified atom stereocenters. The lowest BCUT2D eigenvalue weighted by Gasteiger charge is -2.15. The lowest BCUT2D eigenvalue weighted by atomic mass is 10.1. The third-order valence-electron chi connectivity index (χ3n) is 2.60. The van der Waals surface area contributed by atoms with Crippen LogP contribution in [0.5, 0.6) is 0 Å². The maximum atomic E-state index is 4.28. The van der Waals surface area contributed by atoms with Crippen molar-refractivity contribution in [2.75, 3.05) is 0 Å². The highest BCUT2D eigenvalue weighted by Crippen LogP contribution is 2.02. The van der Waals surface area contributed by atoms with Gasteiger partial charge in [0, 0.05) is 25.5 Å². The molecule has 3 nitrogen and oxygen atoms in total. The second kappa shape index (κ2) is 5.81. The van der Waals surface area contributed by atoms with Crippen molar-refractivity contribution in [1.82, 2.24) is 14.9 Å². The Balaban J connectivity index is 2.35. The van der Waals surface area contributed by atoms with Gasteiger partial charge in [0.05, 0.1) is 6.54 Å². The molecule has 0 saturated carbocycles. The Hall–Kier alpha value is -0.830. The van der Waals surface area contributed by atoms with Crippen LogP contribution in [0.1, 0.15) is 38.9 Å². The van der Waals surface area contributed by atoms with Crippen LogP contribution in [-0.4, -0.2) is 15.6 Å². The molecule has 0 saturated heterocycles. The van der Waals surface area contributed by atoms with E-state index in [0.717, 1.165) is 12.4 Å². The molecule has 0 aliphatic carbocycles. The van der Waals surface area contributed by atoms with Crippen molar-refractivity contribution < 1.29 is 0 Å². The summed E-state index contributed by atoms with van der Waals surface area (Å²) in [6.45, 7) is 5.33. The van der Waals surface area contributed by atoms with E-state index in [1.165, 1.54) is 19.3 Å². The Morgan fingerprint density at radius 3 is 2.79 bits per heavy atom. The number of hydrogen-bond acceptors (Lipinski definition) is 2. The molecule has 0 aliphatic heterocycles. The maximum Gasteiger partial charge on any atom is 0.122 e. The number of nitrogens with zero attached hydrogens (tertiary/aromatic N) is 2. The van der Waals surface area contributed by atoms with Crippen LogP contribution in [0.4, 0.5) is 0 Å². The molecule has 1 heterocycles. The van der Waals surface area contributed by atoms with Crippen molar-refractivity contribution in [1.29, 1.82) is 0 Å². The van der Waals surface area contributed by atoms with Gasteiger partial charge in [0.1, 0.15) is 5.82 Å². The average Bonchev–Trinajstić information content (AvgIpc) is 2.59. The van der Waals surface area contributed by atoms with Crippen molar-refractivity contribution in [3.63, 3.8) is 0 Å². The fraction of sp³-hybridized carbons (Fsp3) is 0.727. The number of hydrogen-bond donors (Lipinski definition) is 1. The molecule has 3 heteroatoms. The van der Waals surface area contributed by atoms with E-state index in [1.54, 1.807) is 0 Å². The molecule has 1 aromatic rings. The van der Waals surface area contributed by atoms with Crippen LogP contribution in [0.2, 0.25) is 0 Å². The lowest BCUT2D eigenvalue weighted by Crippen LogP contribution is -2.28. The molecule has 0 aliphatic rings. The average molecular weight is 195 g/mol. The molecule has 1 atom stereocenters. The standard InChI is InChI=1S/C11H21N3/c1-4-6-10(5-2)13-9-11-12-7-8-14(11)3/h7-8,10,13H,4-6,9H2,1-3H3. The highest BCUT2D eigenvalue weighted by molar-refractivity contribution is 4.90. The third kappa shape index (κ3) is 3.14. The molecule has 0 bridgehead atoms. The molecule has 0 fully saturated rings. The van der Waals surface area contributed by atoms with Crippen LogP contribution in [0.3, 0.4) is 0 Å². The van der Waals surface area contributed by atoms with E-state index in [2.05, 4.69) is 28.7 Å². The van der Waals surface area contributed by atoms with E-state index in [-0.39, 0.29) is 0 Å². The van der Waals surface area contributed by atoms with Gasteiger partial charge in [-0.25, -0.2) is 4.98 Å². The highest BCUT2D eigenvalue weighted by atomic mass is 15.1. The minimum absolute atomic E-state index is 0.636. The van der Waals surface area contributed by atoms with Crippen LogP contribution in [-0.2, 0) is 13.6 Å². The van der Waals surface area contributed by atoms with Gasteiger partial charge in [0.2, 0.25) is 0 Å². The van der Waals surface area contributed by atoms with Gasteiger partial charge in [-0.15, -0.1) is 0 Å². The third-order valence-corrected chi connectivity index (χ3v) is 2.60. The van der Waals surface area contributed by atoms with E-state index in [9.17, 15) is 0 Å². The largest absolute Gasteiger partial charge is 0.337 e. The highest BCUT2D eigenvalue weighted by Gasteiger charge is 2.05. The Morgan fingerprint density at radius 2 is 2.29 bits per heavy atom. The van der Waals surface area contributed by atoms with Gasteiger partial charge in [0.25, 0.3) is 0 Å². The van der Waals surface area contributed by atoms with E-state index < -0.39 is 0 Å².